The lowest BCUT2D eigenvalue weighted by molar-refractivity contribution is 0.365. The first-order valence-corrected chi connectivity index (χ1v) is 9.80. The van der Waals surface area contributed by atoms with Crippen molar-refractivity contribution in [3.05, 3.63) is 70.0 Å². The molecule has 0 fully saturated rings. The summed E-state index contributed by atoms with van der Waals surface area (Å²) in [6, 6.07) is 8.00. The predicted molar refractivity (Wildman–Crippen MR) is 109 cm³/mol. The predicted octanol–water partition coefficient (Wildman–Crippen LogP) is 1.58. The Kier molecular flexibility index (Phi) is 4.88. The summed E-state index contributed by atoms with van der Waals surface area (Å²) >= 11 is 0. The minimum absolute atomic E-state index is 0.0827. The van der Waals surface area contributed by atoms with Gasteiger partial charge in [-0.2, -0.15) is 10.2 Å². The van der Waals surface area contributed by atoms with Crippen molar-refractivity contribution in [1.29, 1.82) is 0 Å². The van der Waals surface area contributed by atoms with Gasteiger partial charge in [0.25, 0.3) is 0 Å². The van der Waals surface area contributed by atoms with E-state index in [2.05, 4.69) is 25.3 Å². The van der Waals surface area contributed by atoms with E-state index in [1.165, 1.54) is 22.4 Å². The molecule has 4 heterocycles. The monoisotopic (exact) mass is 440 g/mol. The van der Waals surface area contributed by atoms with E-state index in [9.17, 15) is 13.6 Å². The molecule has 0 atom stereocenters. The third kappa shape index (κ3) is 3.49. The lowest BCUT2D eigenvalue weighted by Gasteiger charge is -2.27. The van der Waals surface area contributed by atoms with Crippen molar-refractivity contribution in [2.24, 2.45) is 0 Å². The molecule has 164 valence electrons. The van der Waals surface area contributed by atoms with Gasteiger partial charge in [0.05, 0.1) is 26.4 Å². The average Bonchev–Trinajstić information content (AvgIpc) is 3.38. The highest BCUT2D eigenvalue weighted by Crippen LogP contribution is 2.26. The Labute approximate surface area is 180 Å². The van der Waals surface area contributed by atoms with E-state index in [4.69, 9.17) is 4.74 Å². The van der Waals surface area contributed by atoms with Gasteiger partial charge < -0.3 is 9.64 Å². The number of benzene rings is 1. The van der Waals surface area contributed by atoms with E-state index in [1.54, 1.807) is 29.2 Å². The first kappa shape index (κ1) is 19.8. The first-order chi connectivity index (χ1) is 15.5. The van der Waals surface area contributed by atoms with Crippen LogP contribution in [0, 0.1) is 11.6 Å². The topological polar surface area (TPSA) is 107 Å². The fraction of sp³-hybridized carbons (Fsp3) is 0.250. The average molecular weight is 440 g/mol. The molecule has 5 rings (SSSR count). The van der Waals surface area contributed by atoms with Crippen LogP contribution in [-0.2, 0) is 19.6 Å². The molecule has 1 aliphatic heterocycles. The number of nitrogens with one attached hydrogen (secondary N) is 1. The molecule has 12 heteroatoms. The third-order valence-electron chi connectivity index (χ3n) is 5.25. The number of fused-ring (bicyclic) bond motifs is 1. The summed E-state index contributed by atoms with van der Waals surface area (Å²) in [5.41, 5.74) is 0.503. The summed E-state index contributed by atoms with van der Waals surface area (Å²) < 4.78 is 37.0. The molecule has 1 N–H and O–H groups in total. The summed E-state index contributed by atoms with van der Waals surface area (Å²) in [5, 5.41) is 10.8. The second kappa shape index (κ2) is 7.87. The van der Waals surface area contributed by atoms with Gasteiger partial charge in [-0.3, -0.25) is 4.57 Å². The van der Waals surface area contributed by atoms with Gasteiger partial charge >= 0.3 is 5.69 Å². The second-order valence-corrected chi connectivity index (χ2v) is 7.20. The molecule has 0 unspecified atom stereocenters. The standard InChI is InChI=1S/C20H18F2N8O2/c1-32-17-8-15(27-30(17)10-12-4-2-3-5-13(12)21)18-23-9-14(22)19(24-18)28-6-7-29-16(11-28)25-26-20(29)31/h2-5,8-9H,6-7,10-11H2,1H3,(H,26,31). The molecule has 0 radical (unpaired) electrons. The molecule has 0 spiro atoms. The van der Waals surface area contributed by atoms with Gasteiger partial charge in [-0.15, -0.1) is 0 Å². The quantitative estimate of drug-likeness (QED) is 0.502. The van der Waals surface area contributed by atoms with E-state index in [0.29, 0.717) is 36.1 Å². The molecule has 0 saturated carbocycles. The zero-order chi connectivity index (χ0) is 22.2. The van der Waals surface area contributed by atoms with Crippen LogP contribution in [0.25, 0.3) is 11.5 Å². The molecule has 32 heavy (non-hydrogen) atoms. The highest BCUT2D eigenvalue weighted by molar-refractivity contribution is 5.55. The number of hydrogen-bond acceptors (Lipinski definition) is 7. The molecule has 0 saturated heterocycles. The zero-order valence-corrected chi connectivity index (χ0v) is 17.0. The van der Waals surface area contributed by atoms with Crippen LogP contribution in [0.2, 0.25) is 0 Å². The summed E-state index contributed by atoms with van der Waals surface area (Å²) in [6.07, 6.45) is 1.08. The van der Waals surface area contributed by atoms with E-state index < -0.39 is 5.82 Å². The number of H-pyrrole nitrogens is 1. The van der Waals surface area contributed by atoms with Gasteiger partial charge in [0.2, 0.25) is 5.88 Å². The number of ether oxygens (including phenoxy) is 1. The molecule has 3 aromatic heterocycles. The normalized spacial score (nSPS) is 13.3. The maximum Gasteiger partial charge on any atom is 0.343 e. The number of rotatable bonds is 5. The van der Waals surface area contributed by atoms with Gasteiger partial charge in [0.1, 0.15) is 11.5 Å². The maximum atomic E-state index is 14.6. The van der Waals surface area contributed by atoms with Gasteiger partial charge in [0, 0.05) is 24.7 Å². The molecule has 0 bridgehead atoms. The van der Waals surface area contributed by atoms with Crippen LogP contribution in [0.5, 0.6) is 5.88 Å². The molecule has 0 amide bonds. The molecule has 0 aliphatic carbocycles. The van der Waals surface area contributed by atoms with Crippen LogP contribution in [0.15, 0.2) is 41.3 Å². The van der Waals surface area contributed by atoms with Crippen molar-refractivity contribution >= 4 is 5.82 Å². The van der Waals surface area contributed by atoms with Crippen LogP contribution >= 0.6 is 0 Å². The summed E-state index contributed by atoms with van der Waals surface area (Å²) in [5.74, 6) is 0.205. The highest BCUT2D eigenvalue weighted by atomic mass is 19.1. The molecular weight excluding hydrogens is 422 g/mol. The Morgan fingerprint density at radius 1 is 1.19 bits per heavy atom. The number of methoxy groups -OCH3 is 1. The van der Waals surface area contributed by atoms with Crippen LogP contribution in [0.1, 0.15) is 11.4 Å². The molecule has 1 aliphatic rings. The Morgan fingerprint density at radius 2 is 2.03 bits per heavy atom. The van der Waals surface area contributed by atoms with E-state index in [-0.39, 0.29) is 36.2 Å². The van der Waals surface area contributed by atoms with E-state index >= 15 is 0 Å². The Hall–Kier alpha value is -4.09. The van der Waals surface area contributed by atoms with Gasteiger partial charge in [-0.05, 0) is 6.07 Å². The van der Waals surface area contributed by atoms with Crippen molar-refractivity contribution in [2.75, 3.05) is 18.6 Å². The lowest BCUT2D eigenvalue weighted by Crippen LogP contribution is -2.38. The third-order valence-corrected chi connectivity index (χ3v) is 5.25. The van der Waals surface area contributed by atoms with E-state index in [0.717, 1.165) is 6.20 Å². The van der Waals surface area contributed by atoms with Crippen molar-refractivity contribution in [2.45, 2.75) is 19.6 Å². The van der Waals surface area contributed by atoms with Crippen molar-refractivity contribution in [3.8, 4) is 17.4 Å². The van der Waals surface area contributed by atoms with Crippen molar-refractivity contribution in [3.63, 3.8) is 0 Å². The van der Waals surface area contributed by atoms with Crippen molar-refractivity contribution < 1.29 is 13.5 Å². The van der Waals surface area contributed by atoms with Crippen LogP contribution in [-0.4, -0.2) is 48.2 Å². The number of nitrogens with zero attached hydrogens (tertiary/aromatic N) is 7. The maximum absolute atomic E-state index is 14.6. The van der Waals surface area contributed by atoms with Crippen LogP contribution in [0.3, 0.4) is 0 Å². The highest BCUT2D eigenvalue weighted by Gasteiger charge is 2.24. The molecular formula is C20H18F2N8O2. The number of aromatic amines is 1. The summed E-state index contributed by atoms with van der Waals surface area (Å²) in [6.45, 7) is 1.10. The Morgan fingerprint density at radius 3 is 2.84 bits per heavy atom. The van der Waals surface area contributed by atoms with Gasteiger partial charge in [-0.1, -0.05) is 18.2 Å². The summed E-state index contributed by atoms with van der Waals surface area (Å²) in [7, 11) is 1.48. The van der Waals surface area contributed by atoms with E-state index in [1.807, 2.05) is 0 Å². The molecule has 1 aromatic carbocycles. The van der Waals surface area contributed by atoms with Crippen LogP contribution < -0.4 is 15.3 Å². The minimum Gasteiger partial charge on any atom is -0.481 e. The zero-order valence-electron chi connectivity index (χ0n) is 17.0. The fourth-order valence-corrected chi connectivity index (χ4v) is 3.63. The first-order valence-electron chi connectivity index (χ1n) is 9.80. The second-order valence-electron chi connectivity index (χ2n) is 7.20. The van der Waals surface area contributed by atoms with Crippen LogP contribution in [0.4, 0.5) is 14.6 Å². The number of hydrogen-bond donors (Lipinski definition) is 1. The molecule has 4 aromatic rings. The van der Waals surface area contributed by atoms with Crippen molar-refractivity contribution in [1.82, 2.24) is 34.5 Å². The smallest absolute Gasteiger partial charge is 0.343 e. The lowest BCUT2D eigenvalue weighted by atomic mass is 10.2. The van der Waals surface area contributed by atoms with Gasteiger partial charge in [-0.25, -0.2) is 33.3 Å². The minimum atomic E-state index is -0.599. The van der Waals surface area contributed by atoms with Gasteiger partial charge in [0.15, 0.2) is 23.3 Å². The Balaban J connectivity index is 1.46. The SMILES string of the molecule is COc1cc(-c2ncc(F)c(N3CCn4c(n[nH]c4=O)C3)n2)nn1Cc1ccccc1F. The Bertz CT molecular complexity index is 1350. The molecule has 10 nitrogen and oxygen atoms in total. The number of anilines is 1. The summed E-state index contributed by atoms with van der Waals surface area (Å²) in [4.78, 5) is 21.8. The number of aromatic nitrogens is 7. The largest absolute Gasteiger partial charge is 0.481 e. The fourth-order valence-electron chi connectivity index (χ4n) is 3.63. The number of halogens is 2.